The lowest BCUT2D eigenvalue weighted by Gasteiger charge is -2.32. The average Bonchev–Trinajstić information content (AvgIpc) is 2.72. The summed E-state index contributed by atoms with van der Waals surface area (Å²) in [5.41, 5.74) is 1.70. The first-order chi connectivity index (χ1) is 13.1. The molecular formula is C21H22FNO4. The number of ether oxygens (including phenoxy) is 3. The third-order valence-electron chi connectivity index (χ3n) is 4.45. The van der Waals surface area contributed by atoms with Crippen molar-refractivity contribution >= 4 is 12.0 Å². The Morgan fingerprint density at radius 1 is 1.15 bits per heavy atom. The Balaban J connectivity index is 1.66. The summed E-state index contributed by atoms with van der Waals surface area (Å²) in [7, 11) is 3.15. The topological polar surface area (TPSA) is 48.0 Å². The Labute approximate surface area is 158 Å². The largest absolute Gasteiger partial charge is 0.493 e. The van der Waals surface area contributed by atoms with Crippen LogP contribution in [0.2, 0.25) is 0 Å². The van der Waals surface area contributed by atoms with E-state index in [2.05, 4.69) is 0 Å². The highest BCUT2D eigenvalue weighted by Crippen LogP contribution is 2.28. The molecule has 1 saturated heterocycles. The number of carbonyl (C=O) groups is 1. The summed E-state index contributed by atoms with van der Waals surface area (Å²) in [6.45, 7) is 1.39. The Morgan fingerprint density at radius 3 is 2.59 bits per heavy atom. The third kappa shape index (κ3) is 4.65. The standard InChI is InChI=1S/C21H22FNO4/c1-25-18-9-3-15(13-19(18)26-2)4-10-21(24)23-11-12-27-20(14-23)16-5-7-17(22)8-6-16/h3-10,13,20H,11-12,14H2,1-2H3/b10-4+. The van der Waals surface area contributed by atoms with Gasteiger partial charge in [0.25, 0.3) is 0 Å². The van der Waals surface area contributed by atoms with Gasteiger partial charge in [-0.2, -0.15) is 0 Å². The lowest BCUT2D eigenvalue weighted by Crippen LogP contribution is -2.41. The minimum atomic E-state index is -0.291. The minimum Gasteiger partial charge on any atom is -0.493 e. The molecule has 0 N–H and O–H groups in total. The summed E-state index contributed by atoms with van der Waals surface area (Å²) in [6, 6.07) is 11.6. The molecule has 142 valence electrons. The van der Waals surface area contributed by atoms with Crippen molar-refractivity contribution in [3.8, 4) is 11.5 Å². The molecule has 0 bridgehead atoms. The van der Waals surface area contributed by atoms with E-state index in [4.69, 9.17) is 14.2 Å². The van der Waals surface area contributed by atoms with Crippen LogP contribution in [0, 0.1) is 5.82 Å². The fraction of sp³-hybridized carbons (Fsp3) is 0.286. The number of benzene rings is 2. The number of hydrogen-bond acceptors (Lipinski definition) is 4. The number of carbonyl (C=O) groups excluding carboxylic acids is 1. The van der Waals surface area contributed by atoms with Crippen LogP contribution in [0.25, 0.3) is 6.08 Å². The van der Waals surface area contributed by atoms with E-state index in [0.29, 0.717) is 31.2 Å². The maximum Gasteiger partial charge on any atom is 0.246 e. The lowest BCUT2D eigenvalue weighted by molar-refractivity contribution is -0.133. The van der Waals surface area contributed by atoms with Crippen LogP contribution in [0.15, 0.2) is 48.5 Å². The number of rotatable bonds is 5. The monoisotopic (exact) mass is 371 g/mol. The Kier molecular flexibility index (Phi) is 6.08. The maximum absolute atomic E-state index is 13.1. The van der Waals surface area contributed by atoms with E-state index >= 15 is 0 Å². The summed E-state index contributed by atoms with van der Waals surface area (Å²) in [6.07, 6.45) is 3.03. The van der Waals surface area contributed by atoms with E-state index in [1.807, 2.05) is 12.1 Å². The summed E-state index contributed by atoms with van der Waals surface area (Å²) in [5, 5.41) is 0. The zero-order valence-electron chi connectivity index (χ0n) is 15.4. The third-order valence-corrected chi connectivity index (χ3v) is 4.45. The molecular weight excluding hydrogens is 349 g/mol. The molecule has 1 heterocycles. The first kappa shape index (κ1) is 18.9. The highest BCUT2D eigenvalue weighted by molar-refractivity contribution is 5.92. The minimum absolute atomic E-state index is 0.0970. The molecule has 0 spiro atoms. The predicted octanol–water partition coefficient (Wildman–Crippen LogP) is 3.46. The van der Waals surface area contributed by atoms with Crippen LogP contribution in [0.3, 0.4) is 0 Å². The van der Waals surface area contributed by atoms with Gasteiger partial charge in [0.15, 0.2) is 11.5 Å². The van der Waals surface area contributed by atoms with Crippen molar-refractivity contribution in [2.75, 3.05) is 33.9 Å². The van der Waals surface area contributed by atoms with E-state index in [1.54, 1.807) is 43.4 Å². The molecule has 1 amide bonds. The van der Waals surface area contributed by atoms with Gasteiger partial charge < -0.3 is 19.1 Å². The fourth-order valence-corrected chi connectivity index (χ4v) is 2.96. The summed E-state index contributed by atoms with van der Waals surface area (Å²) in [5.74, 6) is 0.853. The zero-order valence-corrected chi connectivity index (χ0v) is 15.4. The Bertz CT molecular complexity index is 819. The molecule has 2 aromatic carbocycles. The van der Waals surface area contributed by atoms with Crippen molar-refractivity contribution in [3.05, 3.63) is 65.5 Å². The molecule has 1 aliphatic heterocycles. The van der Waals surface area contributed by atoms with Gasteiger partial charge in [0.1, 0.15) is 11.9 Å². The molecule has 6 heteroatoms. The number of halogens is 1. The van der Waals surface area contributed by atoms with Crippen LogP contribution < -0.4 is 9.47 Å². The molecule has 5 nitrogen and oxygen atoms in total. The molecule has 27 heavy (non-hydrogen) atoms. The van der Waals surface area contributed by atoms with Gasteiger partial charge in [-0.15, -0.1) is 0 Å². The zero-order chi connectivity index (χ0) is 19.2. The van der Waals surface area contributed by atoms with Crippen molar-refractivity contribution in [2.45, 2.75) is 6.10 Å². The van der Waals surface area contributed by atoms with E-state index in [1.165, 1.54) is 18.2 Å². The van der Waals surface area contributed by atoms with Gasteiger partial charge in [-0.25, -0.2) is 4.39 Å². The van der Waals surface area contributed by atoms with E-state index in [-0.39, 0.29) is 17.8 Å². The lowest BCUT2D eigenvalue weighted by atomic mass is 10.1. The molecule has 0 saturated carbocycles. The van der Waals surface area contributed by atoms with Crippen LogP contribution in [-0.2, 0) is 9.53 Å². The number of methoxy groups -OCH3 is 2. The van der Waals surface area contributed by atoms with Crippen LogP contribution in [0.5, 0.6) is 11.5 Å². The van der Waals surface area contributed by atoms with Crippen molar-refractivity contribution < 1.29 is 23.4 Å². The highest BCUT2D eigenvalue weighted by Gasteiger charge is 2.24. The Morgan fingerprint density at radius 2 is 1.89 bits per heavy atom. The highest BCUT2D eigenvalue weighted by atomic mass is 19.1. The second-order valence-corrected chi connectivity index (χ2v) is 6.14. The number of nitrogens with zero attached hydrogens (tertiary/aromatic N) is 1. The van der Waals surface area contributed by atoms with Crippen LogP contribution in [0.1, 0.15) is 17.2 Å². The van der Waals surface area contributed by atoms with Crippen molar-refractivity contribution in [1.82, 2.24) is 4.90 Å². The van der Waals surface area contributed by atoms with E-state index in [0.717, 1.165) is 11.1 Å². The van der Waals surface area contributed by atoms with Crippen LogP contribution >= 0.6 is 0 Å². The van der Waals surface area contributed by atoms with Gasteiger partial charge in [0.2, 0.25) is 5.91 Å². The molecule has 1 unspecified atom stereocenters. The molecule has 3 rings (SSSR count). The molecule has 2 aromatic rings. The Hall–Kier alpha value is -2.86. The fourth-order valence-electron chi connectivity index (χ4n) is 2.96. The van der Waals surface area contributed by atoms with Crippen molar-refractivity contribution in [2.24, 2.45) is 0 Å². The summed E-state index contributed by atoms with van der Waals surface area (Å²) in [4.78, 5) is 14.3. The summed E-state index contributed by atoms with van der Waals surface area (Å²) < 4.78 is 29.3. The number of morpholine rings is 1. The quantitative estimate of drug-likeness (QED) is 0.756. The van der Waals surface area contributed by atoms with Gasteiger partial charge in [0.05, 0.1) is 27.4 Å². The normalized spacial score (nSPS) is 17.1. The predicted molar refractivity (Wildman–Crippen MR) is 100 cm³/mol. The van der Waals surface area contributed by atoms with E-state index < -0.39 is 0 Å². The SMILES string of the molecule is COc1ccc(/C=C/C(=O)N2CCOC(c3ccc(F)cc3)C2)cc1OC. The van der Waals surface area contributed by atoms with Crippen LogP contribution in [-0.4, -0.2) is 44.7 Å². The average molecular weight is 371 g/mol. The van der Waals surface area contributed by atoms with Gasteiger partial charge in [-0.1, -0.05) is 18.2 Å². The molecule has 0 aliphatic carbocycles. The van der Waals surface area contributed by atoms with Crippen molar-refractivity contribution in [3.63, 3.8) is 0 Å². The number of hydrogen-bond donors (Lipinski definition) is 0. The molecule has 0 radical (unpaired) electrons. The number of amides is 1. The second kappa shape index (κ2) is 8.68. The molecule has 1 atom stereocenters. The first-order valence-electron chi connectivity index (χ1n) is 8.67. The molecule has 0 aromatic heterocycles. The maximum atomic E-state index is 13.1. The van der Waals surface area contributed by atoms with Crippen molar-refractivity contribution in [1.29, 1.82) is 0 Å². The van der Waals surface area contributed by atoms with Crippen LogP contribution in [0.4, 0.5) is 4.39 Å². The van der Waals surface area contributed by atoms with Gasteiger partial charge in [-0.3, -0.25) is 4.79 Å². The van der Waals surface area contributed by atoms with Gasteiger partial charge >= 0.3 is 0 Å². The summed E-state index contributed by atoms with van der Waals surface area (Å²) >= 11 is 0. The first-order valence-corrected chi connectivity index (χ1v) is 8.67. The van der Waals surface area contributed by atoms with E-state index in [9.17, 15) is 9.18 Å². The molecule has 1 aliphatic rings. The van der Waals surface area contributed by atoms with Gasteiger partial charge in [0, 0.05) is 12.6 Å². The molecule has 1 fully saturated rings. The smallest absolute Gasteiger partial charge is 0.246 e. The second-order valence-electron chi connectivity index (χ2n) is 6.14. The van der Waals surface area contributed by atoms with Gasteiger partial charge in [-0.05, 0) is 41.5 Å².